The molecule has 0 saturated carbocycles. The Morgan fingerprint density at radius 1 is 0.818 bits per heavy atom. The highest BCUT2D eigenvalue weighted by Gasteiger charge is 2.20. The highest BCUT2D eigenvalue weighted by atomic mass is 35.5. The maximum Gasteiger partial charge on any atom is 0.312 e. The topological polar surface area (TPSA) is 123 Å². The summed E-state index contributed by atoms with van der Waals surface area (Å²) in [6.07, 6.45) is -0.186. The third kappa shape index (κ3) is 7.26. The monoisotopic (exact) mass is 466 g/mol. The summed E-state index contributed by atoms with van der Waals surface area (Å²) in [5, 5.41) is 2.85. The molecule has 170 valence electrons. The fourth-order valence-electron chi connectivity index (χ4n) is 3.10. The Kier molecular flexibility index (Phi) is 8.26. The fourth-order valence-corrected chi connectivity index (χ4v) is 3.37. The summed E-state index contributed by atoms with van der Waals surface area (Å²) in [6, 6.07) is 22.4. The second-order valence-electron chi connectivity index (χ2n) is 7.06. The maximum absolute atomic E-state index is 12.3. The third-order valence-electron chi connectivity index (χ3n) is 4.66. The number of benzene rings is 3. The van der Waals surface area contributed by atoms with Crippen LogP contribution in [0.1, 0.15) is 18.0 Å². The molecule has 0 heterocycles. The molecular weight excluding hydrogens is 444 g/mol. The zero-order valence-corrected chi connectivity index (χ0v) is 18.3. The van der Waals surface area contributed by atoms with E-state index in [0.717, 1.165) is 11.1 Å². The lowest BCUT2D eigenvalue weighted by Gasteiger charge is -2.19. The Hall–Kier alpha value is -4.04. The van der Waals surface area contributed by atoms with Gasteiger partial charge in [-0.2, -0.15) is 0 Å². The average Bonchev–Trinajstić information content (AvgIpc) is 2.82. The van der Waals surface area contributed by atoms with Gasteiger partial charge >= 0.3 is 6.03 Å². The molecule has 0 saturated heterocycles. The van der Waals surface area contributed by atoms with Crippen LogP contribution >= 0.6 is 11.6 Å². The molecule has 0 aliphatic rings. The number of hydrogen-bond donors (Lipinski definition) is 4. The van der Waals surface area contributed by atoms with E-state index in [-0.39, 0.29) is 13.0 Å². The third-order valence-corrected chi connectivity index (χ3v) is 5.00. The van der Waals surface area contributed by atoms with Crippen molar-refractivity contribution in [1.29, 1.82) is 0 Å². The van der Waals surface area contributed by atoms with Crippen molar-refractivity contribution in [2.75, 3.05) is 6.61 Å². The molecule has 4 amide bonds. The molecule has 33 heavy (non-hydrogen) atoms. The lowest BCUT2D eigenvalue weighted by molar-refractivity contribution is -0.130. The normalized spacial score (nSPS) is 11.2. The first-order valence-corrected chi connectivity index (χ1v) is 10.5. The number of nitrogens with one attached hydrogen (secondary N) is 3. The molecule has 0 radical (unpaired) electrons. The van der Waals surface area contributed by atoms with Crippen molar-refractivity contribution >= 4 is 29.4 Å². The first kappa shape index (κ1) is 23.6. The molecule has 9 heteroatoms. The predicted octanol–water partition coefficient (Wildman–Crippen LogP) is 3.33. The van der Waals surface area contributed by atoms with Crippen LogP contribution < -0.4 is 26.6 Å². The Bertz CT molecular complexity index is 1110. The predicted molar refractivity (Wildman–Crippen MR) is 125 cm³/mol. The van der Waals surface area contributed by atoms with Crippen LogP contribution in [0.25, 0.3) is 11.1 Å². The van der Waals surface area contributed by atoms with Gasteiger partial charge in [0.15, 0.2) is 6.61 Å². The summed E-state index contributed by atoms with van der Waals surface area (Å²) >= 11 is 6.15. The van der Waals surface area contributed by atoms with Crippen molar-refractivity contribution in [2.24, 2.45) is 5.73 Å². The van der Waals surface area contributed by atoms with Gasteiger partial charge in [0.2, 0.25) is 5.91 Å². The van der Waals surface area contributed by atoms with Crippen LogP contribution in [0.4, 0.5) is 4.79 Å². The summed E-state index contributed by atoms with van der Waals surface area (Å²) < 4.78 is 5.46. The number of hydrogen-bond acceptors (Lipinski definition) is 4. The number of hydrazine groups is 1. The number of nitrogens with two attached hydrogens (primary N) is 1. The second kappa shape index (κ2) is 11.5. The Balaban J connectivity index is 1.47. The van der Waals surface area contributed by atoms with Gasteiger partial charge in [0.05, 0.1) is 12.5 Å². The molecule has 0 aromatic heterocycles. The van der Waals surface area contributed by atoms with E-state index in [4.69, 9.17) is 22.1 Å². The van der Waals surface area contributed by atoms with Crippen molar-refractivity contribution in [3.63, 3.8) is 0 Å². The van der Waals surface area contributed by atoms with Gasteiger partial charge in [-0.05, 0) is 34.9 Å². The van der Waals surface area contributed by atoms with Crippen molar-refractivity contribution in [3.8, 4) is 16.9 Å². The lowest BCUT2D eigenvalue weighted by Crippen LogP contribution is -2.45. The molecule has 8 nitrogen and oxygen atoms in total. The minimum Gasteiger partial charge on any atom is -0.484 e. The molecule has 0 fully saturated rings. The molecule has 0 aliphatic heterocycles. The van der Waals surface area contributed by atoms with Gasteiger partial charge in [0.25, 0.3) is 5.91 Å². The molecule has 1 atom stereocenters. The first-order valence-electron chi connectivity index (χ1n) is 10.1. The van der Waals surface area contributed by atoms with E-state index < -0.39 is 23.9 Å². The van der Waals surface area contributed by atoms with E-state index in [1.807, 2.05) is 42.5 Å². The molecule has 0 aliphatic carbocycles. The van der Waals surface area contributed by atoms with Crippen LogP contribution in [-0.2, 0) is 9.59 Å². The van der Waals surface area contributed by atoms with Crippen LogP contribution in [0.15, 0.2) is 78.9 Å². The molecule has 3 aromatic carbocycles. The highest BCUT2D eigenvalue weighted by Crippen LogP contribution is 2.25. The van der Waals surface area contributed by atoms with E-state index in [1.165, 1.54) is 0 Å². The number of carbonyl (C=O) groups excluding carboxylic acids is 3. The van der Waals surface area contributed by atoms with E-state index >= 15 is 0 Å². The quantitative estimate of drug-likeness (QED) is 0.380. The van der Waals surface area contributed by atoms with Gasteiger partial charge in [-0.15, -0.1) is 0 Å². The lowest BCUT2D eigenvalue weighted by atomic mass is 10.0. The van der Waals surface area contributed by atoms with Gasteiger partial charge in [-0.3, -0.25) is 20.4 Å². The minimum absolute atomic E-state index is 0.186. The first-order chi connectivity index (χ1) is 15.9. The van der Waals surface area contributed by atoms with E-state index in [9.17, 15) is 14.4 Å². The molecule has 0 bridgehead atoms. The molecular formula is C24H23ClN4O4. The fraction of sp³-hybridized carbons (Fsp3) is 0.125. The standard InChI is InChI=1S/C24H23ClN4O4/c25-20-9-5-4-8-19(20)21(27-24(26)32)14-22(30)28-29-23(31)15-33-18-12-10-17(11-13-18)16-6-2-1-3-7-16/h1-13,21H,14-15H2,(H,28,30)(H,29,31)(H3,26,27,32)/t21-/m1/s1. The zero-order chi connectivity index (χ0) is 23.6. The highest BCUT2D eigenvalue weighted by molar-refractivity contribution is 6.31. The van der Waals surface area contributed by atoms with Crippen LogP contribution in [0.3, 0.4) is 0 Å². The number of urea groups is 1. The van der Waals surface area contributed by atoms with Crippen molar-refractivity contribution in [3.05, 3.63) is 89.4 Å². The maximum atomic E-state index is 12.3. The van der Waals surface area contributed by atoms with Crippen molar-refractivity contribution < 1.29 is 19.1 Å². The summed E-state index contributed by atoms with van der Waals surface area (Å²) in [7, 11) is 0. The van der Waals surface area contributed by atoms with Gasteiger partial charge in [0, 0.05) is 5.02 Å². The van der Waals surface area contributed by atoms with E-state index in [1.54, 1.807) is 36.4 Å². The summed E-state index contributed by atoms with van der Waals surface area (Å²) in [5.74, 6) is -0.581. The van der Waals surface area contributed by atoms with Gasteiger partial charge < -0.3 is 15.8 Å². The van der Waals surface area contributed by atoms with Crippen LogP contribution in [-0.4, -0.2) is 24.5 Å². The van der Waals surface area contributed by atoms with E-state index in [0.29, 0.717) is 16.3 Å². The van der Waals surface area contributed by atoms with Crippen LogP contribution in [0, 0.1) is 0 Å². The number of halogens is 1. The van der Waals surface area contributed by atoms with Crippen LogP contribution in [0.5, 0.6) is 5.75 Å². The largest absolute Gasteiger partial charge is 0.484 e. The summed E-state index contributed by atoms with van der Waals surface area (Å²) in [6.45, 7) is -0.293. The SMILES string of the molecule is NC(=O)N[C@H](CC(=O)NNC(=O)COc1ccc(-c2ccccc2)cc1)c1ccccc1Cl. The molecule has 3 aromatic rings. The molecule has 0 spiro atoms. The smallest absolute Gasteiger partial charge is 0.312 e. The number of amides is 4. The number of primary amides is 1. The van der Waals surface area contributed by atoms with Crippen LogP contribution in [0.2, 0.25) is 5.02 Å². The zero-order valence-electron chi connectivity index (χ0n) is 17.6. The number of rotatable bonds is 8. The average molecular weight is 467 g/mol. The van der Waals surface area contributed by atoms with E-state index in [2.05, 4.69) is 16.2 Å². The summed E-state index contributed by atoms with van der Waals surface area (Å²) in [4.78, 5) is 35.6. The Labute approximate surface area is 196 Å². The van der Waals surface area contributed by atoms with Crippen molar-refractivity contribution in [1.82, 2.24) is 16.2 Å². The minimum atomic E-state index is -0.802. The van der Waals surface area contributed by atoms with Gasteiger partial charge in [-0.1, -0.05) is 72.3 Å². The second-order valence-corrected chi connectivity index (χ2v) is 7.47. The summed E-state index contributed by atoms with van der Waals surface area (Å²) in [5.41, 5.74) is 12.4. The number of ether oxygens (including phenoxy) is 1. The Morgan fingerprint density at radius 2 is 1.42 bits per heavy atom. The van der Waals surface area contributed by atoms with Gasteiger partial charge in [0.1, 0.15) is 5.75 Å². The van der Waals surface area contributed by atoms with Crippen molar-refractivity contribution in [2.45, 2.75) is 12.5 Å². The Morgan fingerprint density at radius 3 is 2.09 bits per heavy atom. The number of carbonyl (C=O) groups is 3. The molecule has 3 rings (SSSR count). The molecule has 5 N–H and O–H groups in total. The van der Waals surface area contributed by atoms with Gasteiger partial charge in [-0.25, -0.2) is 4.79 Å². The molecule has 0 unspecified atom stereocenters.